The molecule has 1 aromatic rings. The Morgan fingerprint density at radius 1 is 1.27 bits per heavy atom. The zero-order valence-corrected chi connectivity index (χ0v) is 16.2. The molecule has 1 aromatic carbocycles. The predicted molar refractivity (Wildman–Crippen MR) is 96.9 cm³/mol. The zero-order valence-electron chi connectivity index (χ0n) is 14.4. The lowest BCUT2D eigenvalue weighted by Gasteiger charge is -2.47. The number of hydrogen-bond donors (Lipinski definition) is 0. The van der Waals surface area contributed by atoms with E-state index in [0.29, 0.717) is 18.1 Å². The van der Waals surface area contributed by atoms with Gasteiger partial charge >= 0.3 is 0 Å². The number of thioether (sulfide) groups is 1. The first kappa shape index (κ1) is 17.8. The minimum Gasteiger partial charge on any atom is -0.371 e. The second-order valence-electron chi connectivity index (χ2n) is 7.16. The van der Waals surface area contributed by atoms with Crippen molar-refractivity contribution in [1.29, 1.82) is 0 Å². The molecule has 2 rings (SSSR count). The van der Waals surface area contributed by atoms with Crippen molar-refractivity contribution in [1.82, 2.24) is 0 Å². The van der Waals surface area contributed by atoms with Crippen LogP contribution < -0.4 is 0 Å². The first-order valence-electron chi connectivity index (χ1n) is 8.17. The van der Waals surface area contributed by atoms with Gasteiger partial charge in [0.1, 0.15) is 10.3 Å². The highest BCUT2D eigenvalue weighted by Gasteiger charge is 2.55. The van der Waals surface area contributed by atoms with Gasteiger partial charge in [0.2, 0.25) is 0 Å². The third kappa shape index (κ3) is 3.19. The molecule has 0 N–H and O–H groups in total. The molecule has 0 aliphatic heterocycles. The molecule has 0 aromatic heterocycles. The molecule has 0 heterocycles. The maximum Gasteiger partial charge on any atom is 0.136 e. The number of carbonyl (C=O) groups is 1. The van der Waals surface area contributed by atoms with Crippen molar-refractivity contribution in [2.45, 2.75) is 55.3 Å². The largest absolute Gasteiger partial charge is 0.371 e. The molecule has 1 fully saturated rings. The summed E-state index contributed by atoms with van der Waals surface area (Å²) in [6.45, 7) is 9.23. The van der Waals surface area contributed by atoms with Crippen LogP contribution in [0.1, 0.15) is 26.2 Å². The molecule has 0 saturated heterocycles. The lowest BCUT2D eigenvalue weighted by molar-refractivity contribution is -0.122. The summed E-state index contributed by atoms with van der Waals surface area (Å²) in [6, 6.07) is 10.5. The number of benzene rings is 1. The summed E-state index contributed by atoms with van der Waals surface area (Å²) in [7, 11) is 0.153. The summed E-state index contributed by atoms with van der Waals surface area (Å²) in [4.78, 5) is 13.5. The van der Waals surface area contributed by atoms with Crippen molar-refractivity contribution in [3.8, 4) is 0 Å². The molecule has 0 radical (unpaired) electrons. The Labute approximate surface area is 140 Å². The van der Waals surface area contributed by atoms with E-state index in [-0.39, 0.29) is 10.5 Å². The number of methoxy groups -OCH3 is 1. The van der Waals surface area contributed by atoms with E-state index < -0.39 is 8.07 Å². The number of ether oxygens (including phenoxy) is 1. The Balaban J connectivity index is 2.44. The van der Waals surface area contributed by atoms with Gasteiger partial charge in [-0.2, -0.15) is 0 Å². The van der Waals surface area contributed by atoms with Crippen LogP contribution in [0.2, 0.25) is 19.6 Å². The van der Waals surface area contributed by atoms with Crippen LogP contribution in [-0.2, 0) is 9.53 Å². The smallest absolute Gasteiger partial charge is 0.136 e. The summed E-state index contributed by atoms with van der Waals surface area (Å²) >= 11 is 1.85. The fourth-order valence-electron chi connectivity index (χ4n) is 3.82. The zero-order chi connectivity index (χ0) is 16.4. The number of Topliss-reactive ketones (excluding diaryl/α,β-unsaturated/α-hetero) is 1. The molecule has 1 saturated carbocycles. The first-order valence-corrected chi connectivity index (χ1v) is 12.5. The van der Waals surface area contributed by atoms with Crippen LogP contribution in [0.25, 0.3) is 0 Å². The van der Waals surface area contributed by atoms with Gasteiger partial charge in [-0.15, -0.1) is 0 Å². The molecule has 0 bridgehead atoms. The van der Waals surface area contributed by atoms with E-state index in [1.807, 2.05) is 24.9 Å². The summed E-state index contributed by atoms with van der Waals surface area (Å²) < 4.78 is 5.99. The van der Waals surface area contributed by atoms with E-state index in [1.54, 1.807) is 0 Å². The molecule has 0 spiro atoms. The fraction of sp³-hybridized carbons (Fsp3) is 0.611. The maximum absolute atomic E-state index is 12.3. The Morgan fingerprint density at radius 3 is 2.41 bits per heavy atom. The molecule has 22 heavy (non-hydrogen) atoms. The molecular weight excluding hydrogens is 308 g/mol. The van der Waals surface area contributed by atoms with Crippen molar-refractivity contribution in [3.05, 3.63) is 30.3 Å². The summed E-state index contributed by atoms with van der Waals surface area (Å²) in [5, 5.41) is 0. The van der Waals surface area contributed by atoms with Crippen LogP contribution in [0.5, 0.6) is 0 Å². The Kier molecular flexibility index (Phi) is 5.57. The standard InChI is InChI=1S/C18H28O2SSi/c1-6-15-16(12-13-17(15)19)18(20-2,22(3,4)5)21-14-10-8-7-9-11-14/h7-11,15-16H,6,12-13H2,1-5H3/t15-,16+,18?/m0/s1. The van der Waals surface area contributed by atoms with Gasteiger partial charge in [-0.3, -0.25) is 4.79 Å². The Hall–Kier alpha value is -0.583. The second kappa shape index (κ2) is 6.89. The molecular formula is C18H28O2SSi. The number of ketones is 1. The average molecular weight is 337 g/mol. The van der Waals surface area contributed by atoms with Crippen molar-refractivity contribution in [2.75, 3.05) is 7.11 Å². The van der Waals surface area contributed by atoms with Crippen molar-refractivity contribution in [3.63, 3.8) is 0 Å². The van der Waals surface area contributed by atoms with E-state index in [1.165, 1.54) is 4.90 Å². The van der Waals surface area contributed by atoms with Crippen molar-refractivity contribution < 1.29 is 9.53 Å². The second-order valence-corrected chi connectivity index (χ2v) is 14.1. The number of hydrogen-bond acceptors (Lipinski definition) is 3. The third-order valence-corrected chi connectivity index (χ3v) is 11.0. The summed E-state index contributed by atoms with van der Waals surface area (Å²) in [5.41, 5.74) is 0. The van der Waals surface area contributed by atoms with Crippen LogP contribution in [-0.4, -0.2) is 25.5 Å². The summed E-state index contributed by atoms with van der Waals surface area (Å²) in [6.07, 6.45) is 2.61. The predicted octanol–water partition coefficient (Wildman–Crippen LogP) is 5.00. The molecule has 1 aliphatic carbocycles. The van der Waals surface area contributed by atoms with Gasteiger partial charge in [-0.05, 0) is 25.0 Å². The normalized spacial score (nSPS) is 25.2. The quantitative estimate of drug-likeness (QED) is 0.415. The van der Waals surface area contributed by atoms with Gasteiger partial charge < -0.3 is 4.74 Å². The van der Waals surface area contributed by atoms with E-state index in [2.05, 4.69) is 50.8 Å². The molecule has 1 unspecified atom stereocenters. The van der Waals surface area contributed by atoms with E-state index >= 15 is 0 Å². The Morgan fingerprint density at radius 2 is 1.91 bits per heavy atom. The van der Waals surface area contributed by atoms with Crippen LogP contribution in [0.4, 0.5) is 0 Å². The van der Waals surface area contributed by atoms with Crippen molar-refractivity contribution >= 4 is 25.6 Å². The molecule has 1 aliphatic rings. The van der Waals surface area contributed by atoms with Crippen LogP contribution in [0.3, 0.4) is 0 Å². The first-order chi connectivity index (χ1) is 10.4. The fourth-order valence-corrected chi connectivity index (χ4v) is 8.63. The van der Waals surface area contributed by atoms with E-state index in [9.17, 15) is 4.79 Å². The molecule has 4 heteroatoms. The van der Waals surface area contributed by atoms with Gasteiger partial charge in [-0.25, -0.2) is 0 Å². The SMILES string of the molecule is CC[C@@H]1C(=O)CC[C@H]1C(OC)(Sc1ccccc1)[Si](C)(C)C. The third-order valence-electron chi connectivity index (χ3n) is 4.89. The van der Waals surface area contributed by atoms with Gasteiger partial charge in [0.15, 0.2) is 0 Å². The minimum absolute atomic E-state index is 0.155. The molecule has 2 nitrogen and oxygen atoms in total. The van der Waals surface area contributed by atoms with Crippen molar-refractivity contribution in [2.24, 2.45) is 11.8 Å². The monoisotopic (exact) mass is 336 g/mol. The maximum atomic E-state index is 12.3. The van der Waals surface area contributed by atoms with Crippen LogP contribution >= 0.6 is 11.8 Å². The Bertz CT molecular complexity index is 512. The van der Waals surface area contributed by atoms with E-state index in [0.717, 1.165) is 12.8 Å². The number of carbonyl (C=O) groups excluding carboxylic acids is 1. The number of rotatable bonds is 6. The van der Waals surface area contributed by atoms with E-state index in [4.69, 9.17) is 4.74 Å². The molecule has 3 atom stereocenters. The van der Waals surface area contributed by atoms with Gasteiger partial charge in [-0.1, -0.05) is 56.5 Å². The lowest BCUT2D eigenvalue weighted by Crippen LogP contribution is -2.57. The molecule has 122 valence electrons. The average Bonchev–Trinajstić information content (AvgIpc) is 2.85. The molecule has 0 amide bonds. The van der Waals surface area contributed by atoms with Gasteiger partial charge in [0.25, 0.3) is 0 Å². The summed E-state index contributed by atoms with van der Waals surface area (Å²) in [5.74, 6) is 0.913. The topological polar surface area (TPSA) is 26.3 Å². The highest BCUT2D eigenvalue weighted by Crippen LogP contribution is 2.53. The highest BCUT2D eigenvalue weighted by molar-refractivity contribution is 8.02. The van der Waals surface area contributed by atoms with Gasteiger partial charge in [0.05, 0.1) is 8.07 Å². The van der Waals surface area contributed by atoms with Gasteiger partial charge in [0, 0.05) is 30.3 Å². The van der Waals surface area contributed by atoms with Crippen LogP contribution in [0, 0.1) is 11.8 Å². The minimum atomic E-state index is -1.68. The van der Waals surface area contributed by atoms with Crippen LogP contribution in [0.15, 0.2) is 35.2 Å². The lowest BCUT2D eigenvalue weighted by atomic mass is 9.93. The highest BCUT2D eigenvalue weighted by atomic mass is 32.2.